The summed E-state index contributed by atoms with van der Waals surface area (Å²) >= 11 is 0. The van der Waals surface area contributed by atoms with Gasteiger partial charge in [0.15, 0.2) is 5.78 Å². The lowest BCUT2D eigenvalue weighted by molar-refractivity contribution is -0.158. The first-order valence-electron chi connectivity index (χ1n) is 11.8. The Morgan fingerprint density at radius 3 is 2.83 bits per heavy atom. The van der Waals surface area contributed by atoms with E-state index in [-0.39, 0.29) is 29.2 Å². The van der Waals surface area contributed by atoms with Gasteiger partial charge in [0.25, 0.3) is 0 Å². The molecule has 11 heteroatoms. The molecule has 0 aliphatic carbocycles. The van der Waals surface area contributed by atoms with Crippen molar-refractivity contribution in [2.75, 3.05) is 26.2 Å². The average Bonchev–Trinajstić information content (AvgIpc) is 3.58. The minimum absolute atomic E-state index is 0.132. The molecule has 2 aliphatic rings. The summed E-state index contributed by atoms with van der Waals surface area (Å²) in [5.41, 5.74) is 1.84. The molecule has 0 unspecified atom stereocenters. The number of aromatic nitrogens is 4. The number of Topliss-reactive ketones (excluding diaryl/α,β-unsaturated/α-hetero) is 1. The van der Waals surface area contributed by atoms with E-state index >= 15 is 0 Å². The number of carbonyl (C=O) groups excluding carboxylic acids is 1. The Bertz CT molecular complexity index is 1400. The van der Waals surface area contributed by atoms with Crippen LogP contribution in [0.25, 0.3) is 16.5 Å². The summed E-state index contributed by atoms with van der Waals surface area (Å²) in [6.45, 7) is 4.75. The molecule has 0 radical (unpaired) electrons. The lowest BCUT2D eigenvalue weighted by Crippen LogP contribution is -2.63. The van der Waals surface area contributed by atoms with Crippen LogP contribution in [0.1, 0.15) is 22.8 Å². The van der Waals surface area contributed by atoms with Gasteiger partial charge >= 0.3 is 0 Å². The SMILES string of the molecule is Cc1c([C@@H]2CN3CCNC[C@@H]3[C@@H](C(=O)Cc3c(F)cc(-n4cnnn4)cc3F)O2)ccc2cocc12. The molecular weight excluding hydrogens is 470 g/mol. The zero-order valence-corrected chi connectivity index (χ0v) is 19.5. The second-order valence-electron chi connectivity index (χ2n) is 9.25. The Kier molecular flexibility index (Phi) is 5.82. The maximum Gasteiger partial charge on any atom is 0.167 e. The van der Waals surface area contributed by atoms with Crippen LogP contribution < -0.4 is 5.32 Å². The summed E-state index contributed by atoms with van der Waals surface area (Å²) in [5.74, 6) is -2.03. The van der Waals surface area contributed by atoms with Crippen LogP contribution in [0.3, 0.4) is 0 Å². The second-order valence-corrected chi connectivity index (χ2v) is 9.25. The van der Waals surface area contributed by atoms with Crippen LogP contribution in [-0.2, 0) is 16.0 Å². The molecule has 9 nitrogen and oxygen atoms in total. The molecule has 2 aliphatic heterocycles. The van der Waals surface area contributed by atoms with E-state index in [1.807, 2.05) is 19.1 Å². The van der Waals surface area contributed by atoms with Gasteiger partial charge in [0.05, 0.1) is 30.4 Å². The molecule has 2 aromatic heterocycles. The minimum atomic E-state index is -0.839. The van der Waals surface area contributed by atoms with Crippen LogP contribution in [0.2, 0.25) is 0 Å². The van der Waals surface area contributed by atoms with Crippen LogP contribution >= 0.6 is 0 Å². The minimum Gasteiger partial charge on any atom is -0.471 e. The Labute approximate surface area is 205 Å². The topological polar surface area (TPSA) is 98.3 Å². The number of halogens is 2. The molecule has 186 valence electrons. The van der Waals surface area contributed by atoms with Crippen LogP contribution in [0.4, 0.5) is 8.78 Å². The number of hydrogen-bond acceptors (Lipinski definition) is 8. The van der Waals surface area contributed by atoms with Crippen molar-refractivity contribution in [1.82, 2.24) is 30.4 Å². The van der Waals surface area contributed by atoms with Crippen molar-refractivity contribution >= 4 is 16.6 Å². The Hall–Kier alpha value is -3.54. The van der Waals surface area contributed by atoms with E-state index in [9.17, 15) is 13.6 Å². The molecule has 2 saturated heterocycles. The van der Waals surface area contributed by atoms with Gasteiger partial charge in [0.1, 0.15) is 24.1 Å². The van der Waals surface area contributed by atoms with Crippen molar-refractivity contribution in [3.63, 3.8) is 0 Å². The summed E-state index contributed by atoms with van der Waals surface area (Å²) in [6.07, 6.45) is 3.02. The number of ether oxygens (including phenoxy) is 1. The van der Waals surface area contributed by atoms with E-state index in [1.165, 1.54) is 6.33 Å². The van der Waals surface area contributed by atoms with Crippen LogP contribution in [0, 0.1) is 18.6 Å². The summed E-state index contributed by atoms with van der Waals surface area (Å²) in [5, 5.41) is 15.9. The third kappa shape index (κ3) is 3.98. The molecule has 4 aromatic rings. The molecule has 1 N–H and O–H groups in total. The number of fused-ring (bicyclic) bond motifs is 2. The van der Waals surface area contributed by atoms with Gasteiger partial charge in [-0.15, -0.1) is 5.10 Å². The molecule has 6 rings (SSSR count). The number of ketones is 1. The number of aryl methyl sites for hydroxylation is 1. The van der Waals surface area contributed by atoms with Crippen molar-refractivity contribution in [2.24, 2.45) is 0 Å². The number of tetrazole rings is 1. The normalized spacial score (nSPS) is 22.6. The zero-order chi connectivity index (χ0) is 24.8. The average molecular weight is 495 g/mol. The first-order chi connectivity index (χ1) is 17.5. The predicted octanol–water partition coefficient (Wildman–Crippen LogP) is 2.52. The monoisotopic (exact) mass is 494 g/mol. The predicted molar refractivity (Wildman–Crippen MR) is 125 cm³/mol. The maximum atomic E-state index is 14.9. The van der Waals surface area contributed by atoms with Crippen molar-refractivity contribution in [1.29, 1.82) is 0 Å². The summed E-state index contributed by atoms with van der Waals surface area (Å²) in [6, 6.07) is 5.99. The Balaban J connectivity index is 1.29. The van der Waals surface area contributed by atoms with E-state index in [0.29, 0.717) is 13.1 Å². The third-order valence-electron chi connectivity index (χ3n) is 7.18. The molecular formula is C25H24F2N6O3. The highest BCUT2D eigenvalue weighted by Crippen LogP contribution is 2.35. The van der Waals surface area contributed by atoms with Gasteiger partial charge < -0.3 is 14.5 Å². The fourth-order valence-corrected chi connectivity index (χ4v) is 5.27. The van der Waals surface area contributed by atoms with Crippen molar-refractivity contribution in [2.45, 2.75) is 31.6 Å². The number of rotatable bonds is 5. The van der Waals surface area contributed by atoms with E-state index in [1.54, 1.807) is 12.5 Å². The standard InChI is InChI=1S/C25H24F2N6O3/c1-14-17(3-2-15-11-35-12-19(14)15)24-10-32-5-4-28-9-22(32)25(36-24)23(34)8-18-20(26)6-16(7-21(18)27)33-13-29-30-31-33/h2-3,6-7,11-13,22,24-25,28H,4-5,8-10H2,1H3/t22-,24+,25+/m1/s1. The van der Waals surface area contributed by atoms with Crippen molar-refractivity contribution in [3.05, 3.63) is 71.4 Å². The highest BCUT2D eigenvalue weighted by Gasteiger charge is 2.42. The highest BCUT2D eigenvalue weighted by molar-refractivity contribution is 5.87. The molecule has 0 bridgehead atoms. The Morgan fingerprint density at radius 1 is 1.22 bits per heavy atom. The van der Waals surface area contributed by atoms with Gasteiger partial charge in [-0.2, -0.15) is 0 Å². The second kappa shape index (κ2) is 9.16. The van der Waals surface area contributed by atoms with E-state index in [4.69, 9.17) is 9.15 Å². The molecule has 0 spiro atoms. The van der Waals surface area contributed by atoms with Crippen LogP contribution in [-0.4, -0.2) is 69.2 Å². The molecule has 4 heterocycles. The van der Waals surface area contributed by atoms with Gasteiger partial charge in [-0.25, -0.2) is 13.5 Å². The number of furan rings is 1. The Morgan fingerprint density at radius 2 is 2.06 bits per heavy atom. The molecule has 3 atom stereocenters. The summed E-state index contributed by atoms with van der Waals surface area (Å²) < 4.78 is 42.8. The fraction of sp³-hybridized carbons (Fsp3) is 0.360. The van der Waals surface area contributed by atoms with Gasteiger partial charge in [-0.3, -0.25) is 9.69 Å². The largest absolute Gasteiger partial charge is 0.471 e. The smallest absolute Gasteiger partial charge is 0.167 e. The molecule has 0 saturated carbocycles. The first kappa shape index (κ1) is 22.9. The van der Waals surface area contributed by atoms with E-state index in [2.05, 4.69) is 25.7 Å². The molecule has 0 amide bonds. The lowest BCUT2D eigenvalue weighted by Gasteiger charge is -2.47. The fourth-order valence-electron chi connectivity index (χ4n) is 5.27. The third-order valence-corrected chi connectivity index (χ3v) is 7.18. The highest BCUT2D eigenvalue weighted by atomic mass is 19.1. The summed E-state index contributed by atoms with van der Waals surface area (Å²) in [4.78, 5) is 15.7. The zero-order valence-electron chi connectivity index (χ0n) is 19.5. The number of nitrogens with one attached hydrogen (secondary N) is 1. The maximum absolute atomic E-state index is 14.9. The van der Waals surface area contributed by atoms with Crippen molar-refractivity contribution < 1.29 is 22.7 Å². The van der Waals surface area contributed by atoms with E-state index < -0.39 is 24.2 Å². The first-order valence-corrected chi connectivity index (χ1v) is 11.8. The number of piperazine rings is 1. The number of carbonyl (C=O) groups is 1. The molecule has 2 aromatic carbocycles. The number of morpholine rings is 1. The molecule has 36 heavy (non-hydrogen) atoms. The number of benzene rings is 2. The molecule has 2 fully saturated rings. The van der Waals surface area contributed by atoms with Crippen LogP contribution in [0.15, 0.2) is 47.5 Å². The van der Waals surface area contributed by atoms with Gasteiger partial charge in [-0.05, 0) is 28.5 Å². The van der Waals surface area contributed by atoms with Gasteiger partial charge in [0.2, 0.25) is 0 Å². The van der Waals surface area contributed by atoms with E-state index in [0.717, 1.165) is 51.8 Å². The van der Waals surface area contributed by atoms with Crippen LogP contribution in [0.5, 0.6) is 0 Å². The summed E-state index contributed by atoms with van der Waals surface area (Å²) in [7, 11) is 0. The lowest BCUT2D eigenvalue weighted by atomic mass is 9.92. The van der Waals surface area contributed by atoms with Gasteiger partial charge in [-0.1, -0.05) is 12.1 Å². The quantitative estimate of drug-likeness (QED) is 0.452. The number of nitrogens with zero attached hydrogens (tertiary/aromatic N) is 5. The van der Waals surface area contributed by atoms with Crippen molar-refractivity contribution in [3.8, 4) is 5.69 Å². The number of hydrogen-bond donors (Lipinski definition) is 1. The van der Waals surface area contributed by atoms with Gasteiger partial charge in [0, 0.05) is 61.1 Å².